The molecule has 0 saturated carbocycles. The van der Waals surface area contributed by atoms with Gasteiger partial charge in [0.1, 0.15) is 0 Å². The summed E-state index contributed by atoms with van der Waals surface area (Å²) in [5, 5.41) is 0. The molecule has 0 amide bonds. The van der Waals surface area contributed by atoms with Gasteiger partial charge < -0.3 is 0 Å². The topological polar surface area (TPSA) is 0 Å². The van der Waals surface area contributed by atoms with Crippen molar-refractivity contribution in [3.05, 3.63) is 34.8 Å². The van der Waals surface area contributed by atoms with Crippen LogP contribution in [0.15, 0.2) is 34.1 Å². The molecular weight excluding hydrogens is 304 g/mol. The van der Waals surface area contributed by atoms with Crippen molar-refractivity contribution in [1.82, 2.24) is 0 Å². The largest absolute Gasteiger partial charge is 0.126 e. The molecular formula is C16H23BrS. The van der Waals surface area contributed by atoms with E-state index in [4.69, 9.17) is 0 Å². The van der Waals surface area contributed by atoms with Gasteiger partial charge >= 0.3 is 0 Å². The Balaban J connectivity index is 2.17. The van der Waals surface area contributed by atoms with E-state index >= 15 is 0 Å². The molecule has 0 bridgehead atoms. The number of halogens is 1. The molecule has 0 unspecified atom stereocenters. The average molecular weight is 327 g/mol. The van der Waals surface area contributed by atoms with Crippen LogP contribution in [0.3, 0.4) is 0 Å². The standard InChI is InChI=1S/C16H23BrS/c1-2-3-4-5-6-7-13-18-16-10-8-9-15(14-16)11-12-17/h8-12,14H,2-7,13H2,1H3. The lowest BCUT2D eigenvalue weighted by atomic mass is 10.1. The second-order valence-electron chi connectivity index (χ2n) is 4.48. The van der Waals surface area contributed by atoms with Crippen LogP contribution in [-0.2, 0) is 0 Å². The smallest absolute Gasteiger partial charge is 0.00779 e. The summed E-state index contributed by atoms with van der Waals surface area (Å²) in [6.07, 6.45) is 10.3. The zero-order valence-corrected chi connectivity index (χ0v) is 13.6. The third-order valence-corrected chi connectivity index (χ3v) is 4.22. The number of benzene rings is 1. The van der Waals surface area contributed by atoms with Gasteiger partial charge in [-0.1, -0.05) is 67.1 Å². The molecule has 0 fully saturated rings. The van der Waals surface area contributed by atoms with Crippen molar-refractivity contribution < 1.29 is 0 Å². The van der Waals surface area contributed by atoms with Crippen molar-refractivity contribution in [2.75, 3.05) is 5.75 Å². The monoisotopic (exact) mass is 326 g/mol. The Morgan fingerprint density at radius 2 is 1.89 bits per heavy atom. The second-order valence-corrected chi connectivity index (χ2v) is 6.18. The first-order valence-corrected chi connectivity index (χ1v) is 8.76. The first kappa shape index (κ1) is 15.8. The highest BCUT2D eigenvalue weighted by atomic mass is 79.9. The number of unbranched alkanes of at least 4 members (excludes halogenated alkanes) is 5. The zero-order valence-electron chi connectivity index (χ0n) is 11.2. The van der Waals surface area contributed by atoms with E-state index in [0.717, 1.165) is 0 Å². The van der Waals surface area contributed by atoms with E-state index in [0.29, 0.717) is 0 Å². The quantitative estimate of drug-likeness (QED) is 0.368. The van der Waals surface area contributed by atoms with Crippen LogP contribution in [0, 0.1) is 0 Å². The van der Waals surface area contributed by atoms with Gasteiger partial charge in [0, 0.05) is 4.90 Å². The summed E-state index contributed by atoms with van der Waals surface area (Å²) in [5.74, 6) is 1.24. The molecule has 0 aliphatic heterocycles. The molecule has 0 nitrogen and oxygen atoms in total. The van der Waals surface area contributed by atoms with Crippen LogP contribution in [0.2, 0.25) is 0 Å². The van der Waals surface area contributed by atoms with Crippen LogP contribution in [0.1, 0.15) is 51.0 Å². The third kappa shape index (κ3) is 7.27. The maximum absolute atomic E-state index is 3.32. The van der Waals surface area contributed by atoms with Crippen LogP contribution in [0.4, 0.5) is 0 Å². The van der Waals surface area contributed by atoms with Gasteiger partial charge in [0.05, 0.1) is 0 Å². The van der Waals surface area contributed by atoms with E-state index in [-0.39, 0.29) is 0 Å². The van der Waals surface area contributed by atoms with Crippen molar-refractivity contribution in [2.45, 2.75) is 50.3 Å². The fourth-order valence-electron chi connectivity index (χ4n) is 1.85. The predicted octanol–water partition coefficient (Wildman–Crippen LogP) is 6.50. The predicted molar refractivity (Wildman–Crippen MR) is 88.5 cm³/mol. The first-order valence-electron chi connectivity index (χ1n) is 6.86. The molecule has 0 aliphatic carbocycles. The fourth-order valence-corrected chi connectivity index (χ4v) is 3.14. The summed E-state index contributed by atoms with van der Waals surface area (Å²) >= 11 is 5.29. The Labute approximate surface area is 124 Å². The molecule has 0 aliphatic rings. The molecule has 100 valence electrons. The Morgan fingerprint density at radius 1 is 1.11 bits per heavy atom. The van der Waals surface area contributed by atoms with Crippen molar-refractivity contribution in [3.63, 3.8) is 0 Å². The SMILES string of the molecule is CCCCCCCCSc1cccc(C=CBr)c1. The molecule has 18 heavy (non-hydrogen) atoms. The number of hydrogen-bond acceptors (Lipinski definition) is 1. The Bertz CT molecular complexity index is 347. The maximum Gasteiger partial charge on any atom is 0.00779 e. The maximum atomic E-state index is 3.32. The van der Waals surface area contributed by atoms with Crippen molar-refractivity contribution in [3.8, 4) is 0 Å². The molecule has 1 aromatic carbocycles. The number of thioether (sulfide) groups is 1. The highest BCUT2D eigenvalue weighted by Crippen LogP contribution is 2.21. The van der Waals surface area contributed by atoms with E-state index < -0.39 is 0 Å². The van der Waals surface area contributed by atoms with E-state index in [1.165, 1.54) is 54.7 Å². The van der Waals surface area contributed by atoms with Gasteiger partial charge in [0.15, 0.2) is 0 Å². The highest BCUT2D eigenvalue weighted by molar-refractivity contribution is 9.11. The molecule has 2 heteroatoms. The van der Waals surface area contributed by atoms with Gasteiger partial charge in [0.2, 0.25) is 0 Å². The molecule has 0 aromatic heterocycles. The second kappa shape index (κ2) is 10.7. The summed E-state index contributed by atoms with van der Waals surface area (Å²) < 4.78 is 0. The molecule has 0 radical (unpaired) electrons. The minimum absolute atomic E-state index is 1.24. The normalized spacial score (nSPS) is 11.2. The zero-order chi connectivity index (χ0) is 13.1. The lowest BCUT2D eigenvalue weighted by Gasteiger charge is -2.03. The summed E-state index contributed by atoms with van der Waals surface area (Å²) in [6, 6.07) is 8.71. The van der Waals surface area contributed by atoms with E-state index in [1.807, 2.05) is 16.7 Å². The molecule has 0 heterocycles. The van der Waals surface area contributed by atoms with E-state index in [1.54, 1.807) is 0 Å². The number of rotatable bonds is 9. The third-order valence-electron chi connectivity index (χ3n) is 2.88. The van der Waals surface area contributed by atoms with Crippen LogP contribution in [0.5, 0.6) is 0 Å². The summed E-state index contributed by atoms with van der Waals surface area (Å²) in [4.78, 5) is 3.29. The minimum Gasteiger partial charge on any atom is -0.126 e. The lowest BCUT2D eigenvalue weighted by molar-refractivity contribution is 0.627. The van der Waals surface area contributed by atoms with Gasteiger partial charge in [-0.15, -0.1) is 11.8 Å². The molecule has 0 atom stereocenters. The molecule has 0 saturated heterocycles. The van der Waals surface area contributed by atoms with Crippen LogP contribution >= 0.6 is 27.7 Å². The fraction of sp³-hybridized carbons (Fsp3) is 0.500. The van der Waals surface area contributed by atoms with Crippen LogP contribution in [0.25, 0.3) is 6.08 Å². The van der Waals surface area contributed by atoms with Crippen LogP contribution < -0.4 is 0 Å². The summed E-state index contributed by atoms with van der Waals surface area (Å²) in [6.45, 7) is 2.27. The van der Waals surface area contributed by atoms with Crippen molar-refractivity contribution in [2.24, 2.45) is 0 Å². The van der Waals surface area contributed by atoms with Gasteiger partial charge in [-0.05, 0) is 40.9 Å². The number of hydrogen-bond donors (Lipinski definition) is 0. The summed E-state index contributed by atoms with van der Waals surface area (Å²) in [7, 11) is 0. The Hall–Kier alpha value is -0.210. The van der Waals surface area contributed by atoms with Gasteiger partial charge in [-0.25, -0.2) is 0 Å². The highest BCUT2D eigenvalue weighted by Gasteiger charge is 1.95. The Kier molecular flexibility index (Phi) is 9.41. The van der Waals surface area contributed by atoms with Crippen molar-refractivity contribution in [1.29, 1.82) is 0 Å². The lowest BCUT2D eigenvalue weighted by Crippen LogP contribution is -1.83. The summed E-state index contributed by atoms with van der Waals surface area (Å²) in [5.41, 5.74) is 1.26. The first-order chi connectivity index (χ1) is 8.86. The van der Waals surface area contributed by atoms with Crippen molar-refractivity contribution >= 4 is 33.8 Å². The molecule has 0 spiro atoms. The van der Waals surface area contributed by atoms with Gasteiger partial charge in [-0.2, -0.15) is 0 Å². The van der Waals surface area contributed by atoms with Gasteiger partial charge in [0.25, 0.3) is 0 Å². The van der Waals surface area contributed by atoms with E-state index in [2.05, 4.69) is 53.2 Å². The molecule has 1 aromatic rings. The average Bonchev–Trinajstić information content (AvgIpc) is 2.39. The molecule has 0 N–H and O–H groups in total. The molecule has 1 rings (SSSR count). The minimum atomic E-state index is 1.24. The van der Waals surface area contributed by atoms with E-state index in [9.17, 15) is 0 Å². The Morgan fingerprint density at radius 3 is 2.67 bits per heavy atom. The van der Waals surface area contributed by atoms with Crippen LogP contribution in [-0.4, -0.2) is 5.75 Å². The van der Waals surface area contributed by atoms with Gasteiger partial charge in [-0.3, -0.25) is 0 Å².